The number of para-hydroxylation sites is 1. The SMILES string of the molecule is O=C(Nc1c(F)cccc1F)[C@H]1CCCN(S(=O)(=O)c2ccccc2)C1. The second-order valence-electron chi connectivity index (χ2n) is 6.10. The molecule has 0 aromatic heterocycles. The van der Waals surface area contributed by atoms with Gasteiger partial charge in [0.2, 0.25) is 15.9 Å². The number of benzene rings is 2. The Kier molecular flexibility index (Phi) is 5.33. The minimum atomic E-state index is -3.71. The molecule has 1 atom stereocenters. The molecule has 0 radical (unpaired) electrons. The van der Waals surface area contributed by atoms with E-state index in [9.17, 15) is 22.0 Å². The maximum atomic E-state index is 13.7. The molecule has 8 heteroatoms. The van der Waals surface area contributed by atoms with E-state index >= 15 is 0 Å². The lowest BCUT2D eigenvalue weighted by atomic mass is 9.98. The van der Waals surface area contributed by atoms with E-state index < -0.39 is 39.2 Å². The summed E-state index contributed by atoms with van der Waals surface area (Å²) in [5.41, 5.74) is -0.513. The zero-order valence-corrected chi connectivity index (χ0v) is 14.7. The van der Waals surface area contributed by atoms with Crippen LogP contribution in [0.25, 0.3) is 0 Å². The van der Waals surface area contributed by atoms with E-state index in [1.54, 1.807) is 18.2 Å². The molecule has 5 nitrogen and oxygen atoms in total. The number of nitrogens with zero attached hydrogens (tertiary/aromatic N) is 1. The molecular formula is C18H18F2N2O3S. The van der Waals surface area contributed by atoms with Crippen LogP contribution in [0.1, 0.15) is 12.8 Å². The molecule has 1 aliphatic rings. The number of sulfonamides is 1. The van der Waals surface area contributed by atoms with Crippen molar-refractivity contribution in [3.05, 3.63) is 60.2 Å². The number of hydrogen-bond donors (Lipinski definition) is 1. The second-order valence-corrected chi connectivity index (χ2v) is 8.04. The number of hydrogen-bond acceptors (Lipinski definition) is 3. The normalized spacial score (nSPS) is 18.5. The van der Waals surface area contributed by atoms with E-state index in [4.69, 9.17) is 0 Å². The summed E-state index contributed by atoms with van der Waals surface area (Å²) in [5, 5.41) is 2.25. The van der Waals surface area contributed by atoms with Crippen molar-refractivity contribution < 1.29 is 22.0 Å². The van der Waals surface area contributed by atoms with Crippen molar-refractivity contribution in [3.8, 4) is 0 Å². The summed E-state index contributed by atoms with van der Waals surface area (Å²) in [5.74, 6) is -3.02. The average molecular weight is 380 g/mol. The molecule has 0 bridgehead atoms. The van der Waals surface area contributed by atoms with Crippen molar-refractivity contribution in [2.75, 3.05) is 18.4 Å². The Morgan fingerprint density at radius 3 is 2.35 bits per heavy atom. The van der Waals surface area contributed by atoms with Crippen LogP contribution in [0, 0.1) is 17.6 Å². The monoisotopic (exact) mass is 380 g/mol. The Labute approximate surface area is 150 Å². The number of rotatable bonds is 4. The van der Waals surface area contributed by atoms with Crippen LogP contribution in [-0.4, -0.2) is 31.7 Å². The molecule has 1 heterocycles. The lowest BCUT2D eigenvalue weighted by Crippen LogP contribution is -2.43. The molecule has 26 heavy (non-hydrogen) atoms. The first-order chi connectivity index (χ1) is 12.4. The molecule has 1 aliphatic heterocycles. The summed E-state index contributed by atoms with van der Waals surface area (Å²) in [6.07, 6.45) is 0.937. The summed E-state index contributed by atoms with van der Waals surface area (Å²) < 4.78 is 54.0. The van der Waals surface area contributed by atoms with Gasteiger partial charge in [-0.1, -0.05) is 24.3 Å². The van der Waals surface area contributed by atoms with Gasteiger partial charge in [-0.2, -0.15) is 4.31 Å². The van der Waals surface area contributed by atoms with Crippen LogP contribution in [0.2, 0.25) is 0 Å². The van der Waals surface area contributed by atoms with Crippen molar-refractivity contribution in [1.29, 1.82) is 0 Å². The van der Waals surface area contributed by atoms with Crippen molar-refractivity contribution in [1.82, 2.24) is 4.31 Å². The molecule has 3 rings (SSSR count). The molecule has 0 saturated carbocycles. The van der Waals surface area contributed by atoms with E-state index in [-0.39, 0.29) is 11.4 Å². The van der Waals surface area contributed by atoms with Crippen LogP contribution in [0.15, 0.2) is 53.4 Å². The third-order valence-corrected chi connectivity index (χ3v) is 6.23. The Balaban J connectivity index is 1.75. The minimum Gasteiger partial charge on any atom is -0.321 e. The summed E-state index contributed by atoms with van der Waals surface area (Å²) in [6, 6.07) is 11.3. The number of piperidine rings is 1. The highest BCUT2D eigenvalue weighted by Gasteiger charge is 2.33. The van der Waals surface area contributed by atoms with Gasteiger partial charge in [0, 0.05) is 13.1 Å². The number of carbonyl (C=O) groups excluding carboxylic acids is 1. The first kappa shape index (κ1) is 18.5. The molecule has 2 aromatic carbocycles. The Morgan fingerprint density at radius 2 is 1.69 bits per heavy atom. The van der Waals surface area contributed by atoms with Crippen LogP contribution in [0.3, 0.4) is 0 Å². The molecule has 2 aromatic rings. The molecule has 1 fully saturated rings. The second kappa shape index (κ2) is 7.51. The lowest BCUT2D eigenvalue weighted by Gasteiger charge is -2.31. The maximum Gasteiger partial charge on any atom is 0.243 e. The van der Waals surface area contributed by atoms with Gasteiger partial charge in [-0.05, 0) is 37.1 Å². The third kappa shape index (κ3) is 3.76. The zero-order valence-electron chi connectivity index (χ0n) is 13.9. The largest absolute Gasteiger partial charge is 0.321 e. The fourth-order valence-electron chi connectivity index (χ4n) is 2.96. The number of carbonyl (C=O) groups is 1. The number of anilines is 1. The standard InChI is InChI=1S/C18H18F2N2O3S/c19-15-9-4-10-16(20)17(15)21-18(23)13-6-5-11-22(12-13)26(24,25)14-7-2-1-3-8-14/h1-4,7-10,13H,5-6,11-12H2,(H,21,23)/t13-/m0/s1. The van der Waals surface area contributed by atoms with E-state index in [0.29, 0.717) is 19.4 Å². The summed E-state index contributed by atoms with van der Waals surface area (Å²) in [4.78, 5) is 12.6. The quantitative estimate of drug-likeness (QED) is 0.887. The summed E-state index contributed by atoms with van der Waals surface area (Å²) >= 11 is 0. The first-order valence-electron chi connectivity index (χ1n) is 8.19. The Hall–Kier alpha value is -2.32. The number of nitrogens with one attached hydrogen (secondary N) is 1. The van der Waals surface area contributed by atoms with Crippen LogP contribution in [0.4, 0.5) is 14.5 Å². The predicted molar refractivity (Wildman–Crippen MR) is 92.9 cm³/mol. The van der Waals surface area contributed by atoms with E-state index in [1.165, 1.54) is 22.5 Å². The maximum absolute atomic E-state index is 13.7. The number of halogens is 2. The van der Waals surface area contributed by atoms with E-state index in [1.807, 2.05) is 0 Å². The topological polar surface area (TPSA) is 66.5 Å². The van der Waals surface area contributed by atoms with Crippen LogP contribution >= 0.6 is 0 Å². The predicted octanol–water partition coefficient (Wildman–Crippen LogP) is 3.00. The fourth-order valence-corrected chi connectivity index (χ4v) is 4.50. The van der Waals surface area contributed by atoms with Gasteiger partial charge in [0.1, 0.15) is 17.3 Å². The van der Waals surface area contributed by atoms with Gasteiger partial charge in [0.25, 0.3) is 0 Å². The fraction of sp³-hybridized carbons (Fsp3) is 0.278. The highest BCUT2D eigenvalue weighted by Crippen LogP contribution is 2.26. The molecule has 1 saturated heterocycles. The first-order valence-corrected chi connectivity index (χ1v) is 9.63. The highest BCUT2D eigenvalue weighted by molar-refractivity contribution is 7.89. The van der Waals surface area contributed by atoms with Crippen LogP contribution < -0.4 is 5.32 Å². The van der Waals surface area contributed by atoms with Gasteiger partial charge in [-0.25, -0.2) is 17.2 Å². The van der Waals surface area contributed by atoms with Gasteiger partial charge in [0.15, 0.2) is 0 Å². The highest BCUT2D eigenvalue weighted by atomic mass is 32.2. The average Bonchev–Trinajstić information content (AvgIpc) is 2.65. The molecule has 0 aliphatic carbocycles. The molecule has 0 unspecified atom stereocenters. The van der Waals surface area contributed by atoms with Gasteiger partial charge in [-0.3, -0.25) is 4.79 Å². The molecule has 138 valence electrons. The summed E-state index contributed by atoms with van der Waals surface area (Å²) in [6.45, 7) is 0.272. The van der Waals surface area contributed by atoms with Crippen molar-refractivity contribution in [3.63, 3.8) is 0 Å². The molecule has 1 N–H and O–H groups in total. The minimum absolute atomic E-state index is 0.0286. The molecule has 0 spiro atoms. The third-order valence-electron chi connectivity index (χ3n) is 4.35. The Bertz CT molecular complexity index is 884. The van der Waals surface area contributed by atoms with Gasteiger partial charge < -0.3 is 5.32 Å². The van der Waals surface area contributed by atoms with Crippen LogP contribution in [-0.2, 0) is 14.8 Å². The van der Waals surface area contributed by atoms with Gasteiger partial charge >= 0.3 is 0 Å². The van der Waals surface area contributed by atoms with Crippen LogP contribution in [0.5, 0.6) is 0 Å². The lowest BCUT2D eigenvalue weighted by molar-refractivity contribution is -0.120. The summed E-state index contributed by atoms with van der Waals surface area (Å²) in [7, 11) is -3.71. The van der Waals surface area contributed by atoms with Crippen molar-refractivity contribution in [2.45, 2.75) is 17.7 Å². The van der Waals surface area contributed by atoms with Gasteiger partial charge in [-0.15, -0.1) is 0 Å². The van der Waals surface area contributed by atoms with Gasteiger partial charge in [0.05, 0.1) is 10.8 Å². The Morgan fingerprint density at radius 1 is 1.04 bits per heavy atom. The molecular weight excluding hydrogens is 362 g/mol. The zero-order chi connectivity index (χ0) is 18.7. The van der Waals surface area contributed by atoms with E-state index in [2.05, 4.69) is 5.32 Å². The molecule has 1 amide bonds. The smallest absolute Gasteiger partial charge is 0.243 e. The van der Waals surface area contributed by atoms with Crippen molar-refractivity contribution in [2.24, 2.45) is 5.92 Å². The van der Waals surface area contributed by atoms with Crippen molar-refractivity contribution >= 4 is 21.6 Å². The van der Waals surface area contributed by atoms with E-state index in [0.717, 1.165) is 12.1 Å². The number of amides is 1.